The molecular formula is C16H21ClO4. The Balaban J connectivity index is 2.67. The minimum absolute atomic E-state index is 0.0633. The summed E-state index contributed by atoms with van der Waals surface area (Å²) in [6.45, 7) is 4.10. The van der Waals surface area contributed by atoms with E-state index in [1.807, 2.05) is 19.9 Å². The quantitative estimate of drug-likeness (QED) is 0.863. The number of methoxy groups -OCH3 is 2. The minimum Gasteiger partial charge on any atom is -0.493 e. The summed E-state index contributed by atoms with van der Waals surface area (Å²) in [5, 5.41) is 9.81. The molecule has 1 saturated carbocycles. The third-order valence-corrected chi connectivity index (χ3v) is 4.54. The summed E-state index contributed by atoms with van der Waals surface area (Å²) in [5.41, 5.74) is 1.32. The van der Waals surface area contributed by atoms with Gasteiger partial charge >= 0.3 is 5.97 Å². The molecule has 0 amide bonds. The molecular weight excluding hydrogens is 292 g/mol. The van der Waals surface area contributed by atoms with Crippen LogP contribution >= 0.6 is 11.6 Å². The van der Waals surface area contributed by atoms with Crippen molar-refractivity contribution < 1.29 is 19.4 Å². The normalized spacial score (nSPS) is 15.9. The van der Waals surface area contributed by atoms with Gasteiger partial charge in [0.25, 0.3) is 0 Å². The van der Waals surface area contributed by atoms with E-state index in [1.54, 1.807) is 14.2 Å². The molecule has 1 N–H and O–H groups in total. The van der Waals surface area contributed by atoms with Crippen molar-refractivity contribution in [3.63, 3.8) is 0 Å². The molecule has 4 nitrogen and oxygen atoms in total. The van der Waals surface area contributed by atoms with Crippen LogP contribution in [0.15, 0.2) is 6.07 Å². The lowest BCUT2D eigenvalue weighted by Crippen LogP contribution is -2.16. The monoisotopic (exact) mass is 312 g/mol. The van der Waals surface area contributed by atoms with Crippen LogP contribution in [0.1, 0.15) is 50.2 Å². The maximum atomic E-state index is 11.2. The molecule has 116 valence electrons. The Hall–Kier alpha value is -1.42. The Kier molecular flexibility index (Phi) is 4.38. The predicted octanol–water partition coefficient (Wildman–Crippen LogP) is 3.99. The lowest BCUT2D eigenvalue weighted by atomic mass is 9.87. The maximum Gasteiger partial charge on any atom is 0.304 e. The van der Waals surface area contributed by atoms with Crippen LogP contribution in [-0.2, 0) is 10.2 Å². The number of carboxylic acid groups (broad SMARTS) is 1. The van der Waals surface area contributed by atoms with Crippen LogP contribution in [0.25, 0.3) is 0 Å². The van der Waals surface area contributed by atoms with Crippen LogP contribution in [0.2, 0.25) is 5.02 Å². The summed E-state index contributed by atoms with van der Waals surface area (Å²) in [6.07, 6.45) is 1.67. The molecule has 21 heavy (non-hydrogen) atoms. The van der Waals surface area contributed by atoms with Gasteiger partial charge < -0.3 is 14.6 Å². The molecule has 0 aliphatic heterocycles. The fraction of sp³-hybridized carbons (Fsp3) is 0.562. The Morgan fingerprint density at radius 1 is 1.38 bits per heavy atom. The van der Waals surface area contributed by atoms with Crippen molar-refractivity contribution in [2.24, 2.45) is 0 Å². The summed E-state index contributed by atoms with van der Waals surface area (Å²) in [5.74, 6) is 0.569. The number of hydrogen-bond acceptors (Lipinski definition) is 3. The van der Waals surface area contributed by atoms with E-state index in [-0.39, 0.29) is 12.3 Å². The lowest BCUT2D eigenvalue weighted by Gasteiger charge is -2.24. The molecule has 1 aromatic carbocycles. The highest BCUT2D eigenvalue weighted by Gasteiger charge is 2.50. The predicted molar refractivity (Wildman–Crippen MR) is 81.8 cm³/mol. The van der Waals surface area contributed by atoms with E-state index in [4.69, 9.17) is 21.1 Å². The van der Waals surface area contributed by atoms with Gasteiger partial charge in [-0.25, -0.2) is 0 Å². The van der Waals surface area contributed by atoms with Gasteiger partial charge in [-0.1, -0.05) is 25.4 Å². The van der Waals surface area contributed by atoms with Gasteiger partial charge in [-0.15, -0.1) is 0 Å². The highest BCUT2D eigenvalue weighted by Crippen LogP contribution is 2.59. The number of carbonyl (C=O) groups is 1. The minimum atomic E-state index is -0.820. The van der Waals surface area contributed by atoms with Crippen molar-refractivity contribution in [2.75, 3.05) is 14.2 Å². The number of benzene rings is 1. The zero-order chi connectivity index (χ0) is 15.8. The molecule has 1 aromatic rings. The average molecular weight is 313 g/mol. The molecule has 1 fully saturated rings. The first kappa shape index (κ1) is 16.0. The van der Waals surface area contributed by atoms with Gasteiger partial charge in [0, 0.05) is 11.0 Å². The molecule has 2 rings (SSSR count). The van der Waals surface area contributed by atoms with E-state index in [1.165, 1.54) is 0 Å². The van der Waals surface area contributed by atoms with Crippen molar-refractivity contribution in [1.82, 2.24) is 0 Å². The molecule has 0 radical (unpaired) electrons. The molecule has 0 bridgehead atoms. The van der Waals surface area contributed by atoms with Crippen LogP contribution in [0.4, 0.5) is 0 Å². The van der Waals surface area contributed by atoms with Crippen LogP contribution in [0.3, 0.4) is 0 Å². The molecule has 1 aliphatic rings. The lowest BCUT2D eigenvalue weighted by molar-refractivity contribution is -0.137. The second-order valence-electron chi connectivity index (χ2n) is 5.90. The van der Waals surface area contributed by atoms with Crippen molar-refractivity contribution in [3.05, 3.63) is 22.2 Å². The van der Waals surface area contributed by atoms with E-state index in [0.29, 0.717) is 16.5 Å². The number of hydrogen-bond donors (Lipinski definition) is 1. The molecule has 0 unspecified atom stereocenters. The van der Waals surface area contributed by atoms with Crippen LogP contribution < -0.4 is 9.47 Å². The summed E-state index contributed by atoms with van der Waals surface area (Å²) >= 11 is 6.60. The molecule has 0 saturated heterocycles. The molecule has 0 heterocycles. The molecule has 5 heteroatoms. The van der Waals surface area contributed by atoms with Crippen molar-refractivity contribution in [3.8, 4) is 11.5 Å². The number of carboxylic acids is 1. The number of rotatable bonds is 6. The number of aliphatic carboxylic acids is 1. The third-order valence-electron chi connectivity index (χ3n) is 4.13. The summed E-state index contributed by atoms with van der Waals surface area (Å²) in [4.78, 5) is 11.2. The van der Waals surface area contributed by atoms with E-state index in [9.17, 15) is 9.90 Å². The molecule has 0 spiro atoms. The Morgan fingerprint density at radius 3 is 2.38 bits per heavy atom. The van der Waals surface area contributed by atoms with E-state index in [0.717, 1.165) is 24.0 Å². The molecule has 0 atom stereocenters. The second kappa shape index (κ2) is 5.76. The van der Waals surface area contributed by atoms with Crippen LogP contribution in [0, 0.1) is 0 Å². The maximum absolute atomic E-state index is 11.2. The van der Waals surface area contributed by atoms with Gasteiger partial charge in [0.1, 0.15) is 0 Å². The average Bonchev–Trinajstić information content (AvgIpc) is 3.16. The van der Waals surface area contributed by atoms with Crippen LogP contribution in [-0.4, -0.2) is 25.3 Å². The van der Waals surface area contributed by atoms with Crippen LogP contribution in [0.5, 0.6) is 11.5 Å². The standard InChI is InChI=1S/C16H21ClO4/c1-9(2)10-7-11(20-3)15(21-4)13(14(10)17)16(5-6-16)8-12(18)19/h7,9H,5-6,8H2,1-4H3,(H,18,19). The number of ether oxygens (including phenoxy) is 2. The third kappa shape index (κ3) is 2.82. The SMILES string of the molecule is COc1cc(C(C)C)c(Cl)c(C2(CC(=O)O)CC2)c1OC. The Morgan fingerprint density at radius 2 is 2.00 bits per heavy atom. The fourth-order valence-electron chi connectivity index (χ4n) is 2.84. The highest BCUT2D eigenvalue weighted by atomic mass is 35.5. The van der Waals surface area contributed by atoms with Gasteiger partial charge in [0.15, 0.2) is 11.5 Å². The smallest absolute Gasteiger partial charge is 0.304 e. The zero-order valence-electron chi connectivity index (χ0n) is 12.8. The highest BCUT2D eigenvalue weighted by molar-refractivity contribution is 6.32. The zero-order valence-corrected chi connectivity index (χ0v) is 13.6. The Labute approximate surface area is 130 Å². The van der Waals surface area contributed by atoms with Crippen molar-refractivity contribution in [1.29, 1.82) is 0 Å². The van der Waals surface area contributed by atoms with Gasteiger partial charge in [-0.3, -0.25) is 4.79 Å². The Bertz CT molecular complexity index is 562. The molecule has 0 aromatic heterocycles. The van der Waals surface area contributed by atoms with E-state index >= 15 is 0 Å². The van der Waals surface area contributed by atoms with Crippen molar-refractivity contribution >= 4 is 17.6 Å². The largest absolute Gasteiger partial charge is 0.493 e. The molecule has 1 aliphatic carbocycles. The van der Waals surface area contributed by atoms with Gasteiger partial charge in [0.05, 0.1) is 25.7 Å². The second-order valence-corrected chi connectivity index (χ2v) is 6.27. The van der Waals surface area contributed by atoms with Crippen molar-refractivity contribution in [2.45, 2.75) is 44.4 Å². The van der Waals surface area contributed by atoms with Gasteiger partial charge in [-0.2, -0.15) is 0 Å². The first-order valence-corrected chi connectivity index (χ1v) is 7.40. The van der Waals surface area contributed by atoms with E-state index < -0.39 is 11.4 Å². The van der Waals surface area contributed by atoms with E-state index in [2.05, 4.69) is 0 Å². The first-order chi connectivity index (χ1) is 9.86. The summed E-state index contributed by atoms with van der Waals surface area (Å²) in [7, 11) is 3.14. The first-order valence-electron chi connectivity index (χ1n) is 7.03. The van der Waals surface area contributed by atoms with Gasteiger partial charge in [-0.05, 0) is 30.4 Å². The fourth-order valence-corrected chi connectivity index (χ4v) is 3.40. The van der Waals surface area contributed by atoms with Gasteiger partial charge in [0.2, 0.25) is 0 Å². The summed E-state index contributed by atoms with van der Waals surface area (Å²) in [6, 6.07) is 1.88. The summed E-state index contributed by atoms with van der Waals surface area (Å²) < 4.78 is 10.9. The topological polar surface area (TPSA) is 55.8 Å². The number of halogens is 1.